The highest BCUT2D eigenvalue weighted by Crippen LogP contribution is 2.04. The summed E-state index contributed by atoms with van der Waals surface area (Å²) >= 11 is 0. The molecule has 0 aromatic heterocycles. The smallest absolute Gasteiger partial charge is 0.0647 e. The zero-order chi connectivity index (χ0) is 10.5. The minimum Gasteiger partial charge on any atom is -0.392 e. The first kappa shape index (κ1) is 18.9. The van der Waals surface area contributed by atoms with E-state index in [1.54, 1.807) is 0 Å². The van der Waals surface area contributed by atoms with Gasteiger partial charge in [0.1, 0.15) is 0 Å². The topological polar surface area (TPSA) is 20.2 Å². The lowest BCUT2D eigenvalue weighted by atomic mass is 10.2. The van der Waals surface area contributed by atoms with Gasteiger partial charge in [0.05, 0.1) is 6.61 Å². The van der Waals surface area contributed by atoms with Crippen molar-refractivity contribution in [2.45, 2.75) is 41.5 Å². The third kappa shape index (κ3) is 11.2. The van der Waals surface area contributed by atoms with Crippen LogP contribution in [0.15, 0.2) is 36.0 Å². The summed E-state index contributed by atoms with van der Waals surface area (Å²) in [6.45, 7) is 8.18. The second kappa shape index (κ2) is 18.1. The van der Waals surface area contributed by atoms with E-state index in [4.69, 9.17) is 5.11 Å². The van der Waals surface area contributed by atoms with Crippen molar-refractivity contribution in [2.24, 2.45) is 0 Å². The Bertz CT molecular complexity index is 164. The van der Waals surface area contributed by atoms with Gasteiger partial charge in [0.2, 0.25) is 0 Å². The number of hydrogen-bond acceptors (Lipinski definition) is 1. The molecule has 0 bridgehead atoms. The summed E-state index contributed by atoms with van der Waals surface area (Å²) < 4.78 is 0. The fraction of sp³-hybridized carbons (Fsp3) is 0.538. The number of aliphatic hydroxyl groups is 1. The van der Waals surface area contributed by atoms with E-state index in [0.29, 0.717) is 0 Å². The predicted molar refractivity (Wildman–Crippen MR) is 67.5 cm³/mol. The van der Waals surface area contributed by atoms with Crippen molar-refractivity contribution in [2.75, 3.05) is 6.61 Å². The van der Waals surface area contributed by atoms with E-state index in [9.17, 15) is 0 Å². The van der Waals surface area contributed by atoms with Gasteiger partial charge in [-0.1, -0.05) is 65.5 Å². The van der Waals surface area contributed by atoms with Crippen LogP contribution in [0, 0.1) is 0 Å². The minimum absolute atomic E-state index is 0. The van der Waals surface area contributed by atoms with Crippen LogP contribution in [0.4, 0.5) is 0 Å². The van der Waals surface area contributed by atoms with E-state index in [1.165, 1.54) is 0 Å². The maximum Gasteiger partial charge on any atom is 0.0647 e. The molecular weight excluding hydrogens is 172 g/mol. The molecule has 0 atom stereocenters. The highest BCUT2D eigenvalue weighted by molar-refractivity contribution is 5.23. The maximum atomic E-state index is 8.68. The third-order valence-electron chi connectivity index (χ3n) is 1.27. The molecule has 0 aromatic carbocycles. The second-order valence-electron chi connectivity index (χ2n) is 2.00. The molecule has 1 aliphatic rings. The van der Waals surface area contributed by atoms with Crippen molar-refractivity contribution in [1.82, 2.24) is 0 Å². The van der Waals surface area contributed by atoms with E-state index >= 15 is 0 Å². The summed E-state index contributed by atoms with van der Waals surface area (Å²) in [7, 11) is 0. The number of allylic oxidation sites excluding steroid dienone is 5. The van der Waals surface area contributed by atoms with Crippen LogP contribution in [0.5, 0.6) is 0 Å². The molecule has 0 heterocycles. The summed E-state index contributed by atoms with van der Waals surface area (Å²) in [5.41, 5.74) is 1.07. The van der Waals surface area contributed by atoms with Crippen LogP contribution >= 0.6 is 0 Å². The van der Waals surface area contributed by atoms with Crippen LogP contribution in [0.2, 0.25) is 0 Å². The van der Waals surface area contributed by atoms with E-state index in [-0.39, 0.29) is 14.0 Å². The first-order valence-electron chi connectivity index (χ1n) is 5.05. The fourth-order valence-corrected chi connectivity index (χ4v) is 0.739. The molecule has 1 rings (SSSR count). The van der Waals surface area contributed by atoms with Crippen molar-refractivity contribution < 1.29 is 5.11 Å². The summed E-state index contributed by atoms with van der Waals surface area (Å²) in [6, 6.07) is 0. The molecular formula is C13H26O. The van der Waals surface area contributed by atoms with Gasteiger partial charge in [0.25, 0.3) is 0 Å². The average Bonchev–Trinajstić information content (AvgIpc) is 2.51. The van der Waals surface area contributed by atoms with Gasteiger partial charge >= 0.3 is 0 Å². The summed E-state index contributed by atoms with van der Waals surface area (Å²) in [6.07, 6.45) is 10.7. The van der Waals surface area contributed by atoms with E-state index in [0.717, 1.165) is 12.0 Å². The van der Waals surface area contributed by atoms with Gasteiger partial charge in [-0.05, 0) is 12.0 Å². The molecule has 0 saturated carbocycles. The SMILES string of the molecule is C.CC.CC.OCC1=CC=CC=CC1. The van der Waals surface area contributed by atoms with Gasteiger partial charge in [-0.2, -0.15) is 0 Å². The number of rotatable bonds is 1. The zero-order valence-corrected chi connectivity index (χ0v) is 9.25. The first-order chi connectivity index (χ1) is 6.43. The minimum atomic E-state index is 0. The molecule has 1 N–H and O–H groups in total. The van der Waals surface area contributed by atoms with Crippen LogP contribution in [0.25, 0.3) is 0 Å². The van der Waals surface area contributed by atoms with Gasteiger partial charge in [-0.3, -0.25) is 0 Å². The standard InChI is InChI=1S/C8H10O.2C2H6.CH4/c9-7-8-5-3-1-2-4-6-8;2*1-2;/h1-5,9H,6-7H2;2*1-2H3;1H4. The Morgan fingerprint density at radius 2 is 1.64 bits per heavy atom. The summed E-state index contributed by atoms with van der Waals surface area (Å²) in [5.74, 6) is 0. The molecule has 0 radical (unpaired) electrons. The quantitative estimate of drug-likeness (QED) is 0.672. The van der Waals surface area contributed by atoms with E-state index in [2.05, 4.69) is 0 Å². The molecule has 0 aromatic rings. The van der Waals surface area contributed by atoms with Crippen molar-refractivity contribution in [3.05, 3.63) is 36.0 Å². The Hall–Kier alpha value is -0.820. The highest BCUT2D eigenvalue weighted by Gasteiger charge is 1.90. The van der Waals surface area contributed by atoms with Crippen molar-refractivity contribution in [3.63, 3.8) is 0 Å². The molecule has 0 unspecified atom stereocenters. The van der Waals surface area contributed by atoms with Gasteiger partial charge in [-0.15, -0.1) is 0 Å². The lowest BCUT2D eigenvalue weighted by Crippen LogP contribution is -1.86. The molecule has 14 heavy (non-hydrogen) atoms. The molecule has 1 aliphatic carbocycles. The highest BCUT2D eigenvalue weighted by atomic mass is 16.3. The van der Waals surface area contributed by atoms with Crippen molar-refractivity contribution >= 4 is 0 Å². The average molecular weight is 198 g/mol. The lowest BCUT2D eigenvalue weighted by Gasteiger charge is -1.93. The number of aliphatic hydroxyl groups excluding tert-OH is 1. The zero-order valence-electron chi connectivity index (χ0n) is 9.25. The summed E-state index contributed by atoms with van der Waals surface area (Å²) in [4.78, 5) is 0. The third-order valence-corrected chi connectivity index (χ3v) is 1.27. The van der Waals surface area contributed by atoms with Crippen LogP contribution in [0.1, 0.15) is 41.5 Å². The Kier molecular flexibility index (Phi) is 24.3. The van der Waals surface area contributed by atoms with Gasteiger partial charge in [0.15, 0.2) is 0 Å². The van der Waals surface area contributed by atoms with E-state index < -0.39 is 0 Å². The normalized spacial score (nSPS) is 11.9. The molecule has 1 heteroatoms. The predicted octanol–water partition coefficient (Wildman–Crippen LogP) is 4.11. The Morgan fingerprint density at radius 1 is 1.07 bits per heavy atom. The maximum absolute atomic E-state index is 8.68. The first-order valence-corrected chi connectivity index (χ1v) is 5.05. The Morgan fingerprint density at radius 3 is 2.14 bits per heavy atom. The van der Waals surface area contributed by atoms with Crippen molar-refractivity contribution in [3.8, 4) is 0 Å². The molecule has 1 nitrogen and oxygen atoms in total. The van der Waals surface area contributed by atoms with E-state index in [1.807, 2.05) is 58.1 Å². The van der Waals surface area contributed by atoms with Crippen LogP contribution in [-0.4, -0.2) is 11.7 Å². The molecule has 84 valence electrons. The van der Waals surface area contributed by atoms with Crippen LogP contribution < -0.4 is 0 Å². The van der Waals surface area contributed by atoms with Crippen LogP contribution in [0.3, 0.4) is 0 Å². The van der Waals surface area contributed by atoms with Crippen molar-refractivity contribution in [1.29, 1.82) is 0 Å². The summed E-state index contributed by atoms with van der Waals surface area (Å²) in [5, 5.41) is 8.68. The largest absolute Gasteiger partial charge is 0.392 e. The monoisotopic (exact) mass is 198 g/mol. The molecule has 0 aliphatic heterocycles. The molecule has 0 fully saturated rings. The molecule has 0 spiro atoms. The van der Waals surface area contributed by atoms with Gasteiger partial charge < -0.3 is 5.11 Å². The molecule has 0 amide bonds. The molecule has 0 saturated heterocycles. The second-order valence-corrected chi connectivity index (χ2v) is 2.00. The Labute approximate surface area is 89.9 Å². The van der Waals surface area contributed by atoms with Crippen LogP contribution in [-0.2, 0) is 0 Å². The van der Waals surface area contributed by atoms with Gasteiger partial charge in [-0.25, -0.2) is 0 Å². The lowest BCUT2D eigenvalue weighted by molar-refractivity contribution is 0.329. The Balaban J connectivity index is -0.000000216. The van der Waals surface area contributed by atoms with Gasteiger partial charge in [0, 0.05) is 0 Å². The number of hydrogen-bond donors (Lipinski definition) is 1. The fourth-order valence-electron chi connectivity index (χ4n) is 0.739.